The first-order valence-electron chi connectivity index (χ1n) is 12.8. The van der Waals surface area contributed by atoms with E-state index in [4.69, 9.17) is 14.6 Å². The van der Waals surface area contributed by atoms with Crippen LogP contribution in [0.3, 0.4) is 0 Å². The van der Waals surface area contributed by atoms with E-state index >= 15 is 0 Å². The fourth-order valence-corrected chi connectivity index (χ4v) is 5.48. The summed E-state index contributed by atoms with van der Waals surface area (Å²) in [4.78, 5) is 32.4. The Morgan fingerprint density at radius 2 is 1.82 bits per heavy atom. The average Bonchev–Trinajstić information content (AvgIpc) is 3.67. The van der Waals surface area contributed by atoms with Gasteiger partial charge in [-0.1, -0.05) is 36.4 Å². The van der Waals surface area contributed by atoms with Crippen molar-refractivity contribution < 1.29 is 19.1 Å². The Morgan fingerprint density at radius 3 is 2.50 bits per heavy atom. The van der Waals surface area contributed by atoms with Gasteiger partial charge >= 0.3 is 0 Å². The molecule has 0 spiro atoms. The molecule has 0 N–H and O–H groups in total. The van der Waals surface area contributed by atoms with E-state index in [1.54, 1.807) is 52.6 Å². The molecule has 9 heteroatoms. The highest BCUT2D eigenvalue weighted by atomic mass is 32.1. The fourth-order valence-electron chi connectivity index (χ4n) is 4.76. The van der Waals surface area contributed by atoms with Crippen LogP contribution in [0.15, 0.2) is 77.2 Å². The fraction of sp³-hybridized carbons (Fsp3) is 0.345. The molecule has 38 heavy (non-hydrogen) atoms. The van der Waals surface area contributed by atoms with Crippen molar-refractivity contribution in [1.29, 1.82) is 0 Å². The van der Waals surface area contributed by atoms with Crippen molar-refractivity contribution in [2.75, 3.05) is 53.0 Å². The average molecular weight is 533 g/mol. The smallest absolute Gasteiger partial charge is 0.262 e. The van der Waals surface area contributed by atoms with Gasteiger partial charge in [-0.15, -0.1) is 11.3 Å². The van der Waals surface area contributed by atoms with Crippen LogP contribution in [-0.4, -0.2) is 85.4 Å². The number of ether oxygens (including phenoxy) is 2. The van der Waals surface area contributed by atoms with Gasteiger partial charge in [-0.2, -0.15) is 5.10 Å². The van der Waals surface area contributed by atoms with E-state index in [1.165, 1.54) is 0 Å². The van der Waals surface area contributed by atoms with Gasteiger partial charge in [0.1, 0.15) is 12.3 Å². The molecule has 1 aromatic heterocycles. The van der Waals surface area contributed by atoms with Crippen LogP contribution in [0.5, 0.6) is 5.75 Å². The van der Waals surface area contributed by atoms with Gasteiger partial charge in [0.15, 0.2) is 0 Å². The van der Waals surface area contributed by atoms with Crippen molar-refractivity contribution in [2.24, 2.45) is 5.10 Å². The van der Waals surface area contributed by atoms with Crippen molar-refractivity contribution >= 4 is 28.9 Å². The molecule has 5 rings (SSSR count). The van der Waals surface area contributed by atoms with E-state index < -0.39 is 0 Å². The molecular formula is C29H32N4O4S. The summed E-state index contributed by atoms with van der Waals surface area (Å²) in [5.74, 6) is 0.289. The van der Waals surface area contributed by atoms with E-state index in [9.17, 15) is 9.59 Å². The van der Waals surface area contributed by atoms with Crippen molar-refractivity contribution in [3.05, 3.63) is 88.1 Å². The maximum atomic E-state index is 13.8. The number of thiophene rings is 1. The maximum Gasteiger partial charge on any atom is 0.262 e. The van der Waals surface area contributed by atoms with Crippen molar-refractivity contribution in [1.82, 2.24) is 14.8 Å². The molecule has 0 saturated carbocycles. The zero-order chi connectivity index (χ0) is 26.3. The molecule has 2 aromatic carbocycles. The Balaban J connectivity index is 1.38. The number of amides is 2. The third-order valence-electron chi connectivity index (χ3n) is 6.90. The van der Waals surface area contributed by atoms with E-state index in [1.807, 2.05) is 47.8 Å². The van der Waals surface area contributed by atoms with E-state index in [0.717, 1.165) is 29.2 Å². The molecule has 0 unspecified atom stereocenters. The monoisotopic (exact) mass is 532 g/mol. The van der Waals surface area contributed by atoms with Crippen LogP contribution in [0.2, 0.25) is 0 Å². The number of hydrazone groups is 1. The van der Waals surface area contributed by atoms with Crippen molar-refractivity contribution in [3.63, 3.8) is 0 Å². The number of methoxy groups -OCH3 is 1. The number of hydrogen-bond donors (Lipinski definition) is 0. The lowest BCUT2D eigenvalue weighted by Crippen LogP contribution is -2.46. The summed E-state index contributed by atoms with van der Waals surface area (Å²) in [6.07, 6.45) is 0.635. The minimum Gasteiger partial charge on any atom is -0.497 e. The summed E-state index contributed by atoms with van der Waals surface area (Å²) in [6.45, 7) is 4.03. The number of nitrogens with zero attached hydrogens (tertiary/aromatic N) is 4. The Hall–Kier alpha value is -3.53. The van der Waals surface area contributed by atoms with Crippen LogP contribution in [0.1, 0.15) is 33.3 Å². The lowest BCUT2D eigenvalue weighted by atomic mass is 10.0. The molecule has 0 bridgehead atoms. The Labute approximate surface area is 227 Å². The van der Waals surface area contributed by atoms with Crippen LogP contribution in [-0.2, 0) is 9.53 Å². The minimum absolute atomic E-state index is 0.0558. The van der Waals surface area contributed by atoms with Crippen LogP contribution in [0.25, 0.3) is 0 Å². The van der Waals surface area contributed by atoms with Gasteiger partial charge in [0, 0.05) is 38.2 Å². The number of rotatable bonds is 9. The van der Waals surface area contributed by atoms with Crippen molar-refractivity contribution in [3.8, 4) is 5.75 Å². The Morgan fingerprint density at radius 1 is 1.05 bits per heavy atom. The zero-order valence-electron chi connectivity index (χ0n) is 21.5. The number of hydrogen-bond acceptors (Lipinski definition) is 7. The SMILES string of the molecule is COc1ccc(C(=O)N(CCN2CCOCC2)CC(=O)N2N=C(c3cccs3)C[C@@H]2c2ccccc2)cc1. The van der Waals surface area contributed by atoms with Gasteiger partial charge in [-0.05, 0) is 41.3 Å². The largest absolute Gasteiger partial charge is 0.497 e. The first-order chi connectivity index (χ1) is 18.6. The standard InChI is InChI=1S/C29H32N4O4S/c1-36-24-11-9-23(10-12-24)29(35)32(14-13-31-15-17-37-18-16-31)21-28(34)33-26(22-6-3-2-4-7-22)20-25(30-33)27-8-5-19-38-27/h2-12,19,26H,13-18,20-21H2,1H3/t26-/m1/s1. The first kappa shape index (κ1) is 26.1. The van der Waals surface area contributed by atoms with Crippen LogP contribution in [0, 0.1) is 0 Å². The summed E-state index contributed by atoms with van der Waals surface area (Å²) in [6, 6.07) is 20.8. The molecule has 1 atom stereocenters. The molecule has 198 valence electrons. The number of carbonyl (C=O) groups excluding carboxylic acids is 2. The van der Waals surface area contributed by atoms with Gasteiger partial charge in [0.05, 0.1) is 37.0 Å². The topological polar surface area (TPSA) is 74.7 Å². The third kappa shape index (κ3) is 6.12. The van der Waals surface area contributed by atoms with Gasteiger partial charge < -0.3 is 14.4 Å². The summed E-state index contributed by atoms with van der Waals surface area (Å²) in [7, 11) is 1.59. The lowest BCUT2D eigenvalue weighted by Gasteiger charge is -2.31. The quantitative estimate of drug-likeness (QED) is 0.418. The van der Waals surface area contributed by atoms with Gasteiger partial charge in [0.25, 0.3) is 11.8 Å². The first-order valence-corrected chi connectivity index (χ1v) is 13.7. The molecule has 1 fully saturated rings. The van der Waals surface area contributed by atoms with E-state index in [0.29, 0.717) is 44.0 Å². The predicted octanol–water partition coefficient (Wildman–Crippen LogP) is 3.91. The van der Waals surface area contributed by atoms with E-state index in [2.05, 4.69) is 4.90 Å². The molecular weight excluding hydrogens is 500 g/mol. The Kier molecular flexibility index (Phi) is 8.47. The molecule has 3 aromatic rings. The zero-order valence-corrected chi connectivity index (χ0v) is 22.3. The van der Waals surface area contributed by atoms with Gasteiger partial charge in [0.2, 0.25) is 0 Å². The molecule has 2 aliphatic rings. The summed E-state index contributed by atoms with van der Waals surface area (Å²) >= 11 is 1.61. The second-order valence-corrected chi connectivity index (χ2v) is 10.2. The second kappa shape index (κ2) is 12.3. The highest BCUT2D eigenvalue weighted by molar-refractivity contribution is 7.12. The Bertz CT molecular complexity index is 1240. The number of morpholine rings is 1. The molecule has 8 nitrogen and oxygen atoms in total. The van der Waals surface area contributed by atoms with Crippen LogP contribution < -0.4 is 4.74 Å². The maximum absolute atomic E-state index is 13.8. The lowest BCUT2D eigenvalue weighted by molar-refractivity contribution is -0.133. The molecule has 2 aliphatic heterocycles. The van der Waals surface area contributed by atoms with Crippen molar-refractivity contribution in [2.45, 2.75) is 12.5 Å². The summed E-state index contributed by atoms with van der Waals surface area (Å²) < 4.78 is 10.7. The predicted molar refractivity (Wildman–Crippen MR) is 148 cm³/mol. The summed E-state index contributed by atoms with van der Waals surface area (Å²) in [5, 5.41) is 8.37. The molecule has 0 radical (unpaired) electrons. The number of benzene rings is 2. The van der Waals surface area contributed by atoms with E-state index in [-0.39, 0.29) is 24.4 Å². The van der Waals surface area contributed by atoms with Gasteiger partial charge in [-0.3, -0.25) is 14.5 Å². The normalized spacial score (nSPS) is 17.8. The highest BCUT2D eigenvalue weighted by Gasteiger charge is 2.35. The molecule has 0 aliphatic carbocycles. The molecule has 1 saturated heterocycles. The molecule has 2 amide bonds. The summed E-state index contributed by atoms with van der Waals surface area (Å²) in [5.41, 5.74) is 2.44. The molecule has 3 heterocycles. The number of carbonyl (C=O) groups is 2. The third-order valence-corrected chi connectivity index (χ3v) is 7.81. The van der Waals surface area contributed by atoms with Crippen LogP contribution >= 0.6 is 11.3 Å². The van der Waals surface area contributed by atoms with Crippen LogP contribution in [0.4, 0.5) is 0 Å². The highest BCUT2D eigenvalue weighted by Crippen LogP contribution is 2.34. The van der Waals surface area contributed by atoms with Gasteiger partial charge in [-0.25, -0.2) is 5.01 Å². The minimum atomic E-state index is -0.210. The second-order valence-electron chi connectivity index (χ2n) is 9.30.